The van der Waals surface area contributed by atoms with Crippen molar-refractivity contribution in [2.45, 2.75) is 6.92 Å². The van der Waals surface area contributed by atoms with Gasteiger partial charge in [0.25, 0.3) is 0 Å². The Bertz CT molecular complexity index is 432. The fraction of sp³-hybridized carbons (Fsp3) is 0.250. The molecule has 2 rings (SSSR count). The normalized spacial score (nSPS) is 10.9. The summed E-state index contributed by atoms with van der Waals surface area (Å²) in [5, 5.41) is 14.9. The molecule has 0 saturated heterocycles. The van der Waals surface area contributed by atoms with Crippen molar-refractivity contribution in [2.75, 3.05) is 5.73 Å². The second kappa shape index (κ2) is 2.35. The molecule has 0 atom stereocenters. The van der Waals surface area contributed by atoms with Crippen LogP contribution in [0.15, 0.2) is 12.1 Å². The van der Waals surface area contributed by atoms with Crippen LogP contribution in [0.25, 0.3) is 11.0 Å². The lowest BCUT2D eigenvalue weighted by Gasteiger charge is -1.97. The predicted molar refractivity (Wildman–Crippen MR) is 48.8 cm³/mol. The van der Waals surface area contributed by atoms with Crippen molar-refractivity contribution in [3.05, 3.63) is 22.9 Å². The second-order valence-electron chi connectivity index (χ2n) is 3.08. The molecule has 1 aromatic carbocycles. The standard InChI is InChI=1S/C8H10N4O/c1-5-3-7-8(4-6(5)9)12(13)10-11(7)2/h3-4H,9H2,1-2H3. The number of nitrogen functional groups attached to an aromatic ring is 1. The summed E-state index contributed by atoms with van der Waals surface area (Å²) < 4.78 is 1.54. The van der Waals surface area contributed by atoms with Gasteiger partial charge in [0.15, 0.2) is 5.52 Å². The highest BCUT2D eigenvalue weighted by Crippen LogP contribution is 2.17. The Hall–Kier alpha value is -1.78. The molecule has 1 aromatic heterocycles. The Balaban J connectivity index is 2.91. The van der Waals surface area contributed by atoms with E-state index in [1.807, 2.05) is 13.0 Å². The molecule has 5 nitrogen and oxygen atoms in total. The van der Waals surface area contributed by atoms with Crippen LogP contribution in [0.5, 0.6) is 0 Å². The van der Waals surface area contributed by atoms with Crippen molar-refractivity contribution in [3.63, 3.8) is 0 Å². The molecule has 0 amide bonds. The van der Waals surface area contributed by atoms with Crippen molar-refractivity contribution in [2.24, 2.45) is 7.05 Å². The molecule has 68 valence electrons. The van der Waals surface area contributed by atoms with Crippen molar-refractivity contribution in [1.29, 1.82) is 0 Å². The fourth-order valence-corrected chi connectivity index (χ4v) is 1.33. The number of aryl methyl sites for hydroxylation is 2. The lowest BCUT2D eigenvalue weighted by atomic mass is 10.2. The molecule has 0 bridgehead atoms. The lowest BCUT2D eigenvalue weighted by molar-refractivity contribution is -0.646. The summed E-state index contributed by atoms with van der Waals surface area (Å²) >= 11 is 0. The number of nitrogens with zero attached hydrogens (tertiary/aromatic N) is 3. The van der Waals surface area contributed by atoms with Crippen LogP contribution in [0.4, 0.5) is 5.69 Å². The van der Waals surface area contributed by atoms with Gasteiger partial charge in [0.1, 0.15) is 7.05 Å². The summed E-state index contributed by atoms with van der Waals surface area (Å²) in [6.07, 6.45) is 0. The Morgan fingerprint density at radius 2 is 2.23 bits per heavy atom. The van der Waals surface area contributed by atoms with Gasteiger partial charge in [-0.05, 0) is 18.6 Å². The van der Waals surface area contributed by atoms with E-state index in [0.717, 1.165) is 11.1 Å². The van der Waals surface area contributed by atoms with Gasteiger partial charge in [-0.25, -0.2) is 0 Å². The van der Waals surface area contributed by atoms with E-state index in [1.165, 1.54) is 4.68 Å². The van der Waals surface area contributed by atoms with Crippen LogP contribution in [0.2, 0.25) is 0 Å². The summed E-state index contributed by atoms with van der Waals surface area (Å²) in [5.74, 6) is 0. The molecule has 0 aliphatic rings. The molecule has 0 radical (unpaired) electrons. The quantitative estimate of drug-likeness (QED) is 0.353. The molecule has 0 unspecified atom stereocenters. The van der Waals surface area contributed by atoms with E-state index in [-0.39, 0.29) is 0 Å². The number of fused-ring (bicyclic) bond motifs is 1. The number of nitrogens with two attached hydrogens (primary N) is 1. The SMILES string of the molecule is Cc1cc2c(cc1N)[n+]([O-])nn2C. The highest BCUT2D eigenvalue weighted by molar-refractivity contribution is 5.77. The minimum absolute atomic E-state index is 0.505. The molecule has 1 heterocycles. The molecule has 2 N–H and O–H groups in total. The minimum atomic E-state index is 0.505. The minimum Gasteiger partial charge on any atom is -0.691 e. The van der Waals surface area contributed by atoms with Gasteiger partial charge in [-0.2, -0.15) is 0 Å². The van der Waals surface area contributed by atoms with Gasteiger partial charge in [-0.15, -0.1) is 9.53 Å². The van der Waals surface area contributed by atoms with Crippen LogP contribution in [0.1, 0.15) is 5.56 Å². The molecule has 0 aliphatic heterocycles. The molecule has 13 heavy (non-hydrogen) atoms. The molecule has 0 fully saturated rings. The van der Waals surface area contributed by atoms with Crippen LogP contribution < -0.4 is 10.6 Å². The van der Waals surface area contributed by atoms with Crippen LogP contribution in [0.3, 0.4) is 0 Å². The average Bonchev–Trinajstić information content (AvgIpc) is 2.31. The number of hydrogen-bond acceptors (Lipinski definition) is 3. The average molecular weight is 178 g/mol. The Morgan fingerprint density at radius 1 is 1.54 bits per heavy atom. The third kappa shape index (κ3) is 1.00. The summed E-state index contributed by atoms with van der Waals surface area (Å²) in [7, 11) is 1.73. The van der Waals surface area contributed by atoms with Gasteiger partial charge >= 0.3 is 0 Å². The molecular formula is C8H10N4O. The van der Waals surface area contributed by atoms with E-state index in [9.17, 15) is 5.21 Å². The second-order valence-corrected chi connectivity index (χ2v) is 3.08. The van der Waals surface area contributed by atoms with Crippen LogP contribution in [-0.2, 0) is 7.05 Å². The molecule has 2 aromatic rings. The van der Waals surface area contributed by atoms with Gasteiger partial charge in [-0.3, -0.25) is 0 Å². The summed E-state index contributed by atoms with van der Waals surface area (Å²) in [5.41, 5.74) is 8.54. The highest BCUT2D eigenvalue weighted by atomic mass is 16.5. The number of aromatic nitrogens is 3. The summed E-state index contributed by atoms with van der Waals surface area (Å²) in [6, 6.07) is 3.50. The largest absolute Gasteiger partial charge is 0.691 e. The topological polar surface area (TPSA) is 70.8 Å². The first-order valence-electron chi connectivity index (χ1n) is 3.92. The zero-order valence-electron chi connectivity index (χ0n) is 7.48. The van der Waals surface area contributed by atoms with Gasteiger partial charge < -0.3 is 10.9 Å². The molecule has 0 spiro atoms. The Morgan fingerprint density at radius 3 is 2.92 bits per heavy atom. The summed E-state index contributed by atoms with van der Waals surface area (Å²) in [4.78, 5) is 0.575. The third-order valence-electron chi connectivity index (χ3n) is 2.13. The Kier molecular flexibility index (Phi) is 1.42. The van der Waals surface area contributed by atoms with Crippen LogP contribution in [-0.4, -0.2) is 9.90 Å². The van der Waals surface area contributed by atoms with Crippen molar-refractivity contribution in [1.82, 2.24) is 9.90 Å². The van der Waals surface area contributed by atoms with Crippen LogP contribution in [0, 0.1) is 12.1 Å². The molecular weight excluding hydrogens is 168 g/mol. The summed E-state index contributed by atoms with van der Waals surface area (Å²) in [6.45, 7) is 1.90. The highest BCUT2D eigenvalue weighted by Gasteiger charge is 2.11. The van der Waals surface area contributed by atoms with E-state index in [2.05, 4.69) is 5.21 Å². The Labute approximate surface area is 74.9 Å². The monoisotopic (exact) mass is 178 g/mol. The smallest absolute Gasteiger partial charge is 0.204 e. The van der Waals surface area contributed by atoms with Gasteiger partial charge in [-0.1, -0.05) is 0 Å². The van der Waals surface area contributed by atoms with E-state index < -0.39 is 0 Å². The molecule has 0 saturated carbocycles. The lowest BCUT2D eigenvalue weighted by Crippen LogP contribution is -2.29. The van der Waals surface area contributed by atoms with E-state index >= 15 is 0 Å². The molecule has 5 heteroatoms. The third-order valence-corrected chi connectivity index (χ3v) is 2.13. The number of benzene rings is 1. The maximum atomic E-state index is 11.2. The first-order chi connectivity index (χ1) is 6.09. The number of anilines is 1. The van der Waals surface area contributed by atoms with Gasteiger partial charge in [0.05, 0.1) is 5.21 Å². The number of rotatable bonds is 0. The molecule has 0 aliphatic carbocycles. The van der Waals surface area contributed by atoms with E-state index in [0.29, 0.717) is 16.0 Å². The maximum Gasteiger partial charge on any atom is 0.204 e. The van der Waals surface area contributed by atoms with Gasteiger partial charge in [0, 0.05) is 11.8 Å². The van der Waals surface area contributed by atoms with Crippen molar-refractivity contribution < 1.29 is 4.85 Å². The van der Waals surface area contributed by atoms with Gasteiger partial charge in [0.2, 0.25) is 5.52 Å². The first-order valence-corrected chi connectivity index (χ1v) is 3.92. The van der Waals surface area contributed by atoms with Crippen LogP contribution >= 0.6 is 0 Å². The van der Waals surface area contributed by atoms with Crippen molar-refractivity contribution in [3.8, 4) is 0 Å². The zero-order valence-corrected chi connectivity index (χ0v) is 7.48. The first kappa shape index (κ1) is 7.85. The van der Waals surface area contributed by atoms with E-state index in [4.69, 9.17) is 5.73 Å². The zero-order chi connectivity index (χ0) is 9.59. The predicted octanol–water partition coefficient (Wildman–Crippen LogP) is 0.0973. The van der Waals surface area contributed by atoms with Crippen molar-refractivity contribution >= 4 is 16.7 Å². The maximum absolute atomic E-state index is 11.2. The fourth-order valence-electron chi connectivity index (χ4n) is 1.33. The number of hydrogen-bond donors (Lipinski definition) is 1. The van der Waals surface area contributed by atoms with E-state index in [1.54, 1.807) is 13.1 Å².